The second-order valence-electron chi connectivity index (χ2n) is 5.37. The fraction of sp³-hybridized carbons (Fsp3) is 0.312. The van der Waals surface area contributed by atoms with Gasteiger partial charge in [0.2, 0.25) is 5.95 Å². The van der Waals surface area contributed by atoms with Crippen LogP contribution in [0, 0.1) is 6.92 Å². The highest BCUT2D eigenvalue weighted by Crippen LogP contribution is 2.20. The summed E-state index contributed by atoms with van der Waals surface area (Å²) in [5.41, 5.74) is 2.34. The number of hydrogen-bond acceptors (Lipinski definition) is 6. The van der Waals surface area contributed by atoms with Gasteiger partial charge >= 0.3 is 0 Å². The molecule has 0 spiro atoms. The van der Waals surface area contributed by atoms with E-state index in [4.69, 9.17) is 0 Å². The quantitative estimate of drug-likeness (QED) is 0.705. The summed E-state index contributed by atoms with van der Waals surface area (Å²) in [5, 5.41) is 6.12. The minimum Gasteiger partial charge on any atom is -0.350 e. The highest BCUT2D eigenvalue weighted by Gasteiger charge is 2.09. The molecule has 1 aromatic heterocycles. The van der Waals surface area contributed by atoms with Gasteiger partial charge in [-0.3, -0.25) is 9.52 Å². The van der Waals surface area contributed by atoms with Crippen LogP contribution in [0.1, 0.15) is 29.8 Å². The maximum absolute atomic E-state index is 12.1. The Bertz CT molecular complexity index is 690. The van der Waals surface area contributed by atoms with Gasteiger partial charge in [-0.1, -0.05) is 18.0 Å². The highest BCUT2D eigenvalue weighted by atomic mass is 32.2. The van der Waals surface area contributed by atoms with Crippen molar-refractivity contribution in [1.82, 2.24) is 15.3 Å². The van der Waals surface area contributed by atoms with E-state index in [1.54, 1.807) is 18.3 Å². The smallest absolute Gasteiger partial charge is 0.251 e. The molecular formula is C16H21N5OS. The van der Waals surface area contributed by atoms with Crippen molar-refractivity contribution in [3.8, 4) is 0 Å². The topological polar surface area (TPSA) is 78.9 Å². The molecule has 23 heavy (non-hydrogen) atoms. The molecule has 0 aliphatic heterocycles. The molecule has 0 atom stereocenters. The Morgan fingerprint density at radius 3 is 2.78 bits per heavy atom. The second-order valence-corrected chi connectivity index (χ2v) is 5.98. The fourth-order valence-corrected chi connectivity index (χ4v) is 2.21. The molecule has 0 saturated heterocycles. The van der Waals surface area contributed by atoms with Crippen LogP contribution in [0.15, 0.2) is 30.5 Å². The molecule has 0 aliphatic rings. The molecule has 3 N–H and O–H groups in total. The normalized spacial score (nSPS) is 10.5. The third-order valence-corrected chi connectivity index (χ3v) is 3.36. The number of anilines is 3. The number of benzene rings is 1. The van der Waals surface area contributed by atoms with E-state index in [9.17, 15) is 4.79 Å². The zero-order valence-corrected chi connectivity index (χ0v) is 14.5. The van der Waals surface area contributed by atoms with Crippen molar-refractivity contribution < 1.29 is 4.79 Å². The van der Waals surface area contributed by atoms with E-state index >= 15 is 0 Å². The third kappa shape index (κ3) is 4.85. The number of aryl methyl sites for hydroxylation is 1. The van der Waals surface area contributed by atoms with Crippen molar-refractivity contribution in [3.05, 3.63) is 41.6 Å². The Kier molecular flexibility index (Phi) is 5.81. The van der Waals surface area contributed by atoms with Crippen molar-refractivity contribution in [1.29, 1.82) is 0 Å². The molecule has 0 radical (unpaired) electrons. The second kappa shape index (κ2) is 7.82. The van der Waals surface area contributed by atoms with E-state index in [-0.39, 0.29) is 11.9 Å². The summed E-state index contributed by atoms with van der Waals surface area (Å²) in [6.07, 6.45) is 3.66. The summed E-state index contributed by atoms with van der Waals surface area (Å²) in [5.74, 6) is 1.16. The van der Waals surface area contributed by atoms with Crippen LogP contribution in [0.4, 0.5) is 17.5 Å². The summed E-state index contributed by atoms with van der Waals surface area (Å²) < 4.78 is 3.00. The Hall–Kier alpha value is -2.28. The number of nitrogens with zero attached hydrogens (tertiary/aromatic N) is 2. The lowest BCUT2D eigenvalue weighted by molar-refractivity contribution is 0.0943. The number of rotatable bonds is 6. The van der Waals surface area contributed by atoms with Crippen molar-refractivity contribution in [2.24, 2.45) is 0 Å². The van der Waals surface area contributed by atoms with Crippen LogP contribution in [0.25, 0.3) is 0 Å². The lowest BCUT2D eigenvalue weighted by Crippen LogP contribution is -2.30. The standard InChI is InChI=1S/C16H21N5OS/c1-10(2)18-15(22)12-6-5-7-13(8-12)19-14-11(3)9-17-16(20-14)21-23-4/h5-10H,1-4H3,(H,18,22)(H2,17,19,20,21). The largest absolute Gasteiger partial charge is 0.350 e. The number of nitrogens with one attached hydrogen (secondary N) is 3. The molecule has 0 saturated carbocycles. The molecule has 1 amide bonds. The minimum atomic E-state index is -0.0900. The summed E-state index contributed by atoms with van der Waals surface area (Å²) >= 11 is 1.43. The van der Waals surface area contributed by atoms with E-state index in [1.807, 2.05) is 39.2 Å². The molecular weight excluding hydrogens is 310 g/mol. The average Bonchev–Trinajstić information content (AvgIpc) is 2.50. The van der Waals surface area contributed by atoms with Crippen molar-refractivity contribution in [2.75, 3.05) is 16.3 Å². The predicted octanol–water partition coefficient (Wildman–Crippen LogP) is 3.36. The van der Waals surface area contributed by atoms with Gasteiger partial charge in [0.15, 0.2) is 0 Å². The first-order valence-corrected chi connectivity index (χ1v) is 8.52. The molecule has 2 rings (SSSR count). The molecule has 1 heterocycles. The summed E-state index contributed by atoms with van der Waals surface area (Å²) in [6.45, 7) is 5.80. The summed E-state index contributed by atoms with van der Waals surface area (Å²) in [7, 11) is 0. The molecule has 0 bridgehead atoms. The van der Waals surface area contributed by atoms with Gasteiger partial charge in [-0.25, -0.2) is 4.98 Å². The van der Waals surface area contributed by atoms with Gasteiger partial charge in [-0.05, 0) is 39.0 Å². The van der Waals surface area contributed by atoms with Crippen LogP contribution >= 0.6 is 11.9 Å². The summed E-state index contributed by atoms with van der Waals surface area (Å²) in [6, 6.07) is 7.44. The lowest BCUT2D eigenvalue weighted by atomic mass is 10.1. The minimum absolute atomic E-state index is 0.0900. The van der Waals surface area contributed by atoms with Crippen molar-refractivity contribution in [2.45, 2.75) is 26.8 Å². The fourth-order valence-electron chi connectivity index (χ4n) is 1.93. The maximum atomic E-state index is 12.1. The predicted molar refractivity (Wildman–Crippen MR) is 96.2 cm³/mol. The van der Waals surface area contributed by atoms with Gasteiger partial charge in [0.25, 0.3) is 5.91 Å². The molecule has 6 nitrogen and oxygen atoms in total. The summed E-state index contributed by atoms with van der Waals surface area (Å²) in [4.78, 5) is 20.7. The number of carbonyl (C=O) groups is 1. The lowest BCUT2D eigenvalue weighted by Gasteiger charge is -2.12. The van der Waals surface area contributed by atoms with Crippen molar-refractivity contribution >= 4 is 35.3 Å². The number of amides is 1. The number of aromatic nitrogens is 2. The average molecular weight is 331 g/mol. The van der Waals surface area contributed by atoms with Gasteiger partial charge in [0.05, 0.1) is 0 Å². The van der Waals surface area contributed by atoms with Crippen LogP contribution in [-0.2, 0) is 0 Å². The Morgan fingerprint density at radius 2 is 2.09 bits per heavy atom. The molecule has 1 aromatic carbocycles. The van der Waals surface area contributed by atoms with Crippen LogP contribution in [-0.4, -0.2) is 28.2 Å². The van der Waals surface area contributed by atoms with Crippen LogP contribution < -0.4 is 15.4 Å². The van der Waals surface area contributed by atoms with E-state index in [0.29, 0.717) is 17.3 Å². The molecule has 0 aliphatic carbocycles. The van der Waals surface area contributed by atoms with Gasteiger partial charge in [-0.15, -0.1) is 0 Å². The van der Waals surface area contributed by atoms with E-state index in [2.05, 4.69) is 25.3 Å². The van der Waals surface area contributed by atoms with Gasteiger partial charge in [-0.2, -0.15) is 4.98 Å². The maximum Gasteiger partial charge on any atom is 0.251 e. The van der Waals surface area contributed by atoms with Crippen LogP contribution in [0.3, 0.4) is 0 Å². The Labute approximate surface area is 140 Å². The van der Waals surface area contributed by atoms with Crippen LogP contribution in [0.2, 0.25) is 0 Å². The van der Waals surface area contributed by atoms with E-state index in [0.717, 1.165) is 11.3 Å². The molecule has 2 aromatic rings. The Balaban J connectivity index is 2.20. The number of carbonyl (C=O) groups excluding carboxylic acids is 1. The zero-order valence-electron chi connectivity index (χ0n) is 13.7. The van der Waals surface area contributed by atoms with Gasteiger partial charge in [0.1, 0.15) is 5.82 Å². The first kappa shape index (κ1) is 17.1. The van der Waals surface area contributed by atoms with E-state index in [1.165, 1.54) is 11.9 Å². The monoisotopic (exact) mass is 331 g/mol. The third-order valence-electron chi connectivity index (χ3n) is 2.97. The van der Waals surface area contributed by atoms with Crippen LogP contribution in [0.5, 0.6) is 0 Å². The van der Waals surface area contributed by atoms with E-state index < -0.39 is 0 Å². The molecule has 0 fully saturated rings. The molecule has 122 valence electrons. The first-order valence-electron chi connectivity index (χ1n) is 7.30. The molecule has 7 heteroatoms. The number of hydrogen-bond donors (Lipinski definition) is 3. The highest BCUT2D eigenvalue weighted by molar-refractivity contribution is 7.99. The zero-order chi connectivity index (χ0) is 16.8. The first-order chi connectivity index (χ1) is 11.0. The molecule has 0 unspecified atom stereocenters. The Morgan fingerprint density at radius 1 is 1.30 bits per heavy atom. The van der Waals surface area contributed by atoms with Gasteiger partial charge in [0, 0.05) is 35.3 Å². The van der Waals surface area contributed by atoms with Gasteiger partial charge < -0.3 is 10.6 Å². The van der Waals surface area contributed by atoms with Crippen molar-refractivity contribution in [3.63, 3.8) is 0 Å². The SMILES string of the molecule is CSNc1ncc(C)c(Nc2cccc(C(=O)NC(C)C)c2)n1.